The number of furan rings is 1. The molecule has 1 N–H and O–H groups in total. The van der Waals surface area contributed by atoms with E-state index < -0.39 is 0 Å². The van der Waals surface area contributed by atoms with Gasteiger partial charge in [0.05, 0.1) is 18.0 Å². The third-order valence-corrected chi connectivity index (χ3v) is 3.80. The first-order valence-corrected chi connectivity index (χ1v) is 7.50. The molecule has 0 saturated carbocycles. The Kier molecular flexibility index (Phi) is 3.50. The highest BCUT2D eigenvalue weighted by molar-refractivity contribution is 5.74. The number of aromatic nitrogens is 4. The average Bonchev–Trinajstić information content (AvgIpc) is 3.05. The van der Waals surface area contributed by atoms with Crippen molar-refractivity contribution in [2.75, 3.05) is 11.9 Å². The van der Waals surface area contributed by atoms with E-state index in [4.69, 9.17) is 4.42 Å². The van der Waals surface area contributed by atoms with E-state index in [0.717, 1.165) is 11.3 Å². The molecule has 7 heteroatoms. The van der Waals surface area contributed by atoms with Gasteiger partial charge in [0.2, 0.25) is 5.95 Å². The van der Waals surface area contributed by atoms with Gasteiger partial charge in [-0.1, -0.05) is 0 Å². The summed E-state index contributed by atoms with van der Waals surface area (Å²) >= 11 is 0. The maximum Gasteiger partial charge on any atom is 0.263 e. The van der Waals surface area contributed by atoms with Crippen LogP contribution < -0.4 is 10.5 Å². The van der Waals surface area contributed by atoms with Crippen LogP contribution in [0.5, 0.6) is 0 Å². The molecule has 0 radical (unpaired) electrons. The van der Waals surface area contributed by atoms with Gasteiger partial charge in [0.25, 0.3) is 5.56 Å². The van der Waals surface area contributed by atoms with Gasteiger partial charge in [0.1, 0.15) is 11.1 Å². The predicted molar refractivity (Wildman–Crippen MR) is 88.7 cm³/mol. The Balaban J connectivity index is 2.04. The third kappa shape index (κ3) is 2.74. The fourth-order valence-corrected chi connectivity index (χ4v) is 2.48. The number of rotatable bonds is 3. The summed E-state index contributed by atoms with van der Waals surface area (Å²) in [7, 11) is 1.88. The Hall–Kier alpha value is -2.57. The summed E-state index contributed by atoms with van der Waals surface area (Å²) < 4.78 is 7.09. The van der Waals surface area contributed by atoms with Gasteiger partial charge >= 0.3 is 0 Å². The topological polar surface area (TPSA) is 79.9 Å². The zero-order chi connectivity index (χ0) is 16.8. The maximum absolute atomic E-state index is 12.3. The van der Waals surface area contributed by atoms with Crippen LogP contribution >= 0.6 is 0 Å². The Labute approximate surface area is 133 Å². The largest absolute Gasteiger partial charge is 0.469 e. The van der Waals surface area contributed by atoms with E-state index in [1.165, 1.54) is 0 Å². The molecular weight excluding hydrogens is 294 g/mol. The van der Waals surface area contributed by atoms with Crippen molar-refractivity contribution < 1.29 is 4.42 Å². The van der Waals surface area contributed by atoms with Crippen LogP contribution in [0.25, 0.3) is 11.0 Å². The van der Waals surface area contributed by atoms with Gasteiger partial charge in [-0.25, -0.2) is 4.68 Å². The van der Waals surface area contributed by atoms with Gasteiger partial charge in [0, 0.05) is 19.2 Å². The van der Waals surface area contributed by atoms with Crippen molar-refractivity contribution in [2.45, 2.75) is 39.8 Å². The van der Waals surface area contributed by atoms with Crippen LogP contribution in [0.2, 0.25) is 0 Å². The molecule has 3 aromatic heterocycles. The molecule has 0 aromatic carbocycles. The van der Waals surface area contributed by atoms with Crippen LogP contribution in [-0.2, 0) is 12.1 Å². The van der Waals surface area contributed by atoms with E-state index >= 15 is 0 Å². The Morgan fingerprint density at radius 3 is 2.74 bits per heavy atom. The fraction of sp³-hybridized carbons (Fsp3) is 0.438. The summed E-state index contributed by atoms with van der Waals surface area (Å²) in [6.07, 6.45) is 3.23. The lowest BCUT2D eigenvalue weighted by atomic mass is 10.1. The SMILES string of the molecule is Cc1occc1CN(C)c1nc2c(cnn2C(C)(C)C)c(=O)[nH]1. The Morgan fingerprint density at radius 1 is 1.39 bits per heavy atom. The number of nitrogens with one attached hydrogen (secondary N) is 1. The first kappa shape index (κ1) is 15.3. The van der Waals surface area contributed by atoms with Gasteiger partial charge in [-0.2, -0.15) is 10.1 Å². The van der Waals surface area contributed by atoms with Crippen molar-refractivity contribution in [3.63, 3.8) is 0 Å². The van der Waals surface area contributed by atoms with Gasteiger partial charge in [-0.05, 0) is 33.8 Å². The minimum Gasteiger partial charge on any atom is -0.469 e. The first-order chi connectivity index (χ1) is 10.8. The molecule has 3 heterocycles. The molecule has 0 aliphatic rings. The molecule has 0 aliphatic carbocycles. The molecule has 7 nitrogen and oxygen atoms in total. The summed E-state index contributed by atoms with van der Waals surface area (Å²) in [6, 6.07) is 1.92. The van der Waals surface area contributed by atoms with Gasteiger partial charge in [0.15, 0.2) is 5.65 Å². The highest BCUT2D eigenvalue weighted by atomic mass is 16.3. The van der Waals surface area contributed by atoms with Crippen LogP contribution in [0.4, 0.5) is 5.95 Å². The van der Waals surface area contributed by atoms with Gasteiger partial charge in [-0.15, -0.1) is 0 Å². The Bertz CT molecular complexity index is 897. The summed E-state index contributed by atoms with van der Waals surface area (Å²) in [5.41, 5.74) is 1.21. The van der Waals surface area contributed by atoms with Crippen molar-refractivity contribution in [3.8, 4) is 0 Å². The minimum atomic E-state index is -0.250. The lowest BCUT2D eigenvalue weighted by Gasteiger charge is -2.21. The highest BCUT2D eigenvalue weighted by Gasteiger charge is 2.20. The second-order valence-corrected chi connectivity index (χ2v) is 6.71. The standard InChI is InChI=1S/C16H21N5O2/c1-10-11(6-7-23-10)9-20(5)15-18-13-12(14(22)19-15)8-17-21(13)16(2,3)4/h6-8H,9H2,1-5H3,(H,18,19,22). The lowest BCUT2D eigenvalue weighted by Crippen LogP contribution is -2.26. The molecule has 0 spiro atoms. The first-order valence-electron chi connectivity index (χ1n) is 7.50. The van der Waals surface area contributed by atoms with Crippen LogP contribution in [-0.4, -0.2) is 26.8 Å². The zero-order valence-corrected chi connectivity index (χ0v) is 14.0. The number of fused-ring (bicyclic) bond motifs is 1. The number of H-pyrrole nitrogens is 1. The monoisotopic (exact) mass is 315 g/mol. The van der Waals surface area contributed by atoms with E-state index in [1.807, 2.05) is 45.7 Å². The fourth-order valence-electron chi connectivity index (χ4n) is 2.48. The van der Waals surface area contributed by atoms with Crippen molar-refractivity contribution in [1.29, 1.82) is 0 Å². The quantitative estimate of drug-likeness (QED) is 0.803. The van der Waals surface area contributed by atoms with Gasteiger partial charge in [-0.3, -0.25) is 9.78 Å². The number of hydrogen-bond acceptors (Lipinski definition) is 5. The summed E-state index contributed by atoms with van der Waals surface area (Å²) in [4.78, 5) is 21.6. The molecule has 122 valence electrons. The molecule has 0 saturated heterocycles. The molecule has 0 amide bonds. The van der Waals surface area contributed by atoms with Crippen molar-refractivity contribution in [3.05, 3.63) is 40.2 Å². The normalized spacial score (nSPS) is 12.0. The highest BCUT2D eigenvalue weighted by Crippen LogP contribution is 2.20. The van der Waals surface area contributed by atoms with E-state index in [-0.39, 0.29) is 11.1 Å². The smallest absolute Gasteiger partial charge is 0.263 e. The summed E-state index contributed by atoms with van der Waals surface area (Å²) in [5, 5.41) is 4.82. The van der Waals surface area contributed by atoms with E-state index in [2.05, 4.69) is 15.1 Å². The van der Waals surface area contributed by atoms with Crippen molar-refractivity contribution in [2.24, 2.45) is 0 Å². The number of aryl methyl sites for hydroxylation is 1. The Morgan fingerprint density at radius 2 is 2.13 bits per heavy atom. The number of hydrogen-bond donors (Lipinski definition) is 1. The van der Waals surface area contributed by atoms with E-state index in [9.17, 15) is 4.79 Å². The molecule has 0 fully saturated rings. The molecule has 23 heavy (non-hydrogen) atoms. The molecule has 0 unspecified atom stereocenters. The molecular formula is C16H21N5O2. The van der Waals surface area contributed by atoms with Crippen LogP contribution in [0, 0.1) is 6.92 Å². The van der Waals surface area contributed by atoms with E-state index in [1.54, 1.807) is 17.1 Å². The average molecular weight is 315 g/mol. The van der Waals surface area contributed by atoms with Crippen LogP contribution in [0.15, 0.2) is 27.7 Å². The summed E-state index contributed by atoms with van der Waals surface area (Å²) in [6.45, 7) is 8.60. The predicted octanol–water partition coefficient (Wildman–Crippen LogP) is 2.41. The molecule has 3 rings (SSSR count). The number of nitrogens with zero attached hydrogens (tertiary/aromatic N) is 4. The third-order valence-electron chi connectivity index (χ3n) is 3.80. The summed E-state index contributed by atoms with van der Waals surface area (Å²) in [5.74, 6) is 1.37. The molecule has 0 aliphatic heterocycles. The van der Waals surface area contributed by atoms with Crippen LogP contribution in [0.1, 0.15) is 32.1 Å². The lowest BCUT2D eigenvalue weighted by molar-refractivity contribution is 0.366. The molecule has 3 aromatic rings. The van der Waals surface area contributed by atoms with Crippen molar-refractivity contribution >= 4 is 17.0 Å². The van der Waals surface area contributed by atoms with Crippen molar-refractivity contribution in [1.82, 2.24) is 19.7 Å². The number of aromatic amines is 1. The second kappa shape index (κ2) is 5.26. The molecule has 0 bridgehead atoms. The van der Waals surface area contributed by atoms with E-state index in [0.29, 0.717) is 23.5 Å². The van der Waals surface area contributed by atoms with Crippen LogP contribution in [0.3, 0.4) is 0 Å². The number of anilines is 1. The molecule has 0 atom stereocenters. The van der Waals surface area contributed by atoms with Gasteiger partial charge < -0.3 is 9.32 Å². The maximum atomic E-state index is 12.3. The zero-order valence-electron chi connectivity index (χ0n) is 14.0. The second-order valence-electron chi connectivity index (χ2n) is 6.71. The minimum absolute atomic E-state index is 0.184.